The molecule has 0 radical (unpaired) electrons. The zero-order valence-corrected chi connectivity index (χ0v) is 13.0. The third-order valence-corrected chi connectivity index (χ3v) is 4.09. The van der Waals surface area contributed by atoms with Crippen LogP contribution in [0.2, 0.25) is 0 Å². The van der Waals surface area contributed by atoms with Crippen LogP contribution in [0.5, 0.6) is 0 Å². The molecule has 1 heterocycles. The highest BCUT2D eigenvalue weighted by molar-refractivity contribution is 5.96. The van der Waals surface area contributed by atoms with Gasteiger partial charge >= 0.3 is 5.97 Å². The van der Waals surface area contributed by atoms with Crippen LogP contribution >= 0.6 is 0 Å². The van der Waals surface area contributed by atoms with Gasteiger partial charge in [-0.3, -0.25) is 4.98 Å². The lowest BCUT2D eigenvalue weighted by Crippen LogP contribution is -2.10. The maximum absolute atomic E-state index is 12.3. The minimum absolute atomic E-state index is 0.277. The van der Waals surface area contributed by atoms with Crippen molar-refractivity contribution in [2.24, 2.45) is 0 Å². The highest BCUT2D eigenvalue weighted by Gasteiger charge is 2.20. The van der Waals surface area contributed by atoms with E-state index in [0.29, 0.717) is 12.2 Å². The minimum atomic E-state index is -0.277. The monoisotopic (exact) mass is 295 g/mol. The van der Waals surface area contributed by atoms with Crippen molar-refractivity contribution in [3.8, 4) is 11.3 Å². The van der Waals surface area contributed by atoms with E-state index in [1.807, 2.05) is 43.3 Å². The Hall–Kier alpha value is -2.16. The summed E-state index contributed by atoms with van der Waals surface area (Å²) in [6.07, 6.45) is 5.57. The Bertz CT molecular complexity index is 665. The molecule has 0 amide bonds. The number of ether oxygens (including phenoxy) is 1. The zero-order valence-electron chi connectivity index (χ0n) is 13.0. The first-order valence-corrected chi connectivity index (χ1v) is 8.05. The van der Waals surface area contributed by atoms with Gasteiger partial charge in [-0.05, 0) is 44.2 Å². The molecule has 0 aliphatic heterocycles. The van der Waals surface area contributed by atoms with Crippen LogP contribution in [-0.4, -0.2) is 17.6 Å². The fourth-order valence-corrected chi connectivity index (χ4v) is 2.99. The topological polar surface area (TPSA) is 39.2 Å². The van der Waals surface area contributed by atoms with Crippen LogP contribution in [0.1, 0.15) is 47.8 Å². The molecule has 1 aromatic heterocycles. The van der Waals surface area contributed by atoms with Gasteiger partial charge in [0.05, 0.1) is 17.9 Å². The lowest BCUT2D eigenvalue weighted by molar-refractivity contribution is 0.0526. The fourth-order valence-electron chi connectivity index (χ4n) is 2.99. The molecule has 0 atom stereocenters. The van der Waals surface area contributed by atoms with Crippen LogP contribution in [0.4, 0.5) is 0 Å². The third-order valence-electron chi connectivity index (χ3n) is 4.09. The molecule has 0 bridgehead atoms. The number of benzene rings is 1. The molecule has 1 aromatic carbocycles. The predicted molar refractivity (Wildman–Crippen MR) is 86.9 cm³/mol. The Morgan fingerprint density at radius 2 is 1.91 bits per heavy atom. The number of rotatable bonds is 3. The average Bonchev–Trinajstić information content (AvgIpc) is 2.79. The van der Waals surface area contributed by atoms with Gasteiger partial charge in [0.25, 0.3) is 0 Å². The first kappa shape index (κ1) is 14.8. The number of carbonyl (C=O) groups is 1. The Kier molecular flexibility index (Phi) is 4.52. The Balaban J connectivity index is 2.13. The van der Waals surface area contributed by atoms with Crippen LogP contribution in [-0.2, 0) is 17.6 Å². The molecule has 0 saturated carbocycles. The SMILES string of the molecule is CCOC(=O)c1cc2c(nc1-c1ccccc1)CCCCC2. The molecule has 3 nitrogen and oxygen atoms in total. The molecular formula is C19H21NO2. The lowest BCUT2D eigenvalue weighted by Gasteiger charge is -2.13. The zero-order chi connectivity index (χ0) is 15.4. The molecule has 1 aliphatic rings. The first-order valence-electron chi connectivity index (χ1n) is 8.05. The van der Waals surface area contributed by atoms with E-state index in [0.717, 1.165) is 29.8 Å². The van der Waals surface area contributed by atoms with Crippen LogP contribution in [0.15, 0.2) is 36.4 Å². The molecule has 2 aromatic rings. The van der Waals surface area contributed by atoms with E-state index in [1.165, 1.54) is 24.8 Å². The summed E-state index contributed by atoms with van der Waals surface area (Å²) in [5.74, 6) is -0.277. The fraction of sp³-hybridized carbons (Fsp3) is 0.368. The van der Waals surface area contributed by atoms with Crippen molar-refractivity contribution in [2.45, 2.75) is 39.0 Å². The summed E-state index contributed by atoms with van der Waals surface area (Å²) in [6.45, 7) is 2.21. The molecule has 22 heavy (non-hydrogen) atoms. The molecule has 0 unspecified atom stereocenters. The van der Waals surface area contributed by atoms with E-state index in [2.05, 4.69) is 0 Å². The van der Waals surface area contributed by atoms with E-state index >= 15 is 0 Å². The van der Waals surface area contributed by atoms with E-state index in [9.17, 15) is 4.79 Å². The molecule has 3 heteroatoms. The van der Waals surface area contributed by atoms with Gasteiger partial charge in [0.2, 0.25) is 0 Å². The molecule has 1 aliphatic carbocycles. The van der Waals surface area contributed by atoms with Gasteiger partial charge in [-0.1, -0.05) is 36.8 Å². The number of nitrogens with zero attached hydrogens (tertiary/aromatic N) is 1. The van der Waals surface area contributed by atoms with Gasteiger partial charge in [-0.15, -0.1) is 0 Å². The van der Waals surface area contributed by atoms with Gasteiger partial charge in [0, 0.05) is 11.3 Å². The van der Waals surface area contributed by atoms with Crippen LogP contribution in [0.25, 0.3) is 11.3 Å². The standard InChI is InChI=1S/C19H21NO2/c1-2-22-19(21)16-13-15-11-7-4-8-12-17(15)20-18(16)14-9-5-3-6-10-14/h3,5-6,9-10,13H,2,4,7-8,11-12H2,1H3. The van der Waals surface area contributed by atoms with E-state index in [-0.39, 0.29) is 5.97 Å². The molecule has 0 fully saturated rings. The van der Waals surface area contributed by atoms with Crippen LogP contribution in [0.3, 0.4) is 0 Å². The minimum Gasteiger partial charge on any atom is -0.462 e. The Morgan fingerprint density at radius 1 is 1.14 bits per heavy atom. The van der Waals surface area contributed by atoms with Crippen LogP contribution in [0, 0.1) is 0 Å². The summed E-state index contributed by atoms with van der Waals surface area (Å²) in [6, 6.07) is 11.9. The van der Waals surface area contributed by atoms with Gasteiger partial charge in [-0.25, -0.2) is 4.79 Å². The number of esters is 1. The second-order valence-electron chi connectivity index (χ2n) is 5.64. The smallest absolute Gasteiger partial charge is 0.340 e. The molecule has 0 N–H and O–H groups in total. The maximum Gasteiger partial charge on any atom is 0.340 e. The number of hydrogen-bond donors (Lipinski definition) is 0. The van der Waals surface area contributed by atoms with Crippen molar-refractivity contribution in [2.75, 3.05) is 6.61 Å². The summed E-state index contributed by atoms with van der Waals surface area (Å²) in [4.78, 5) is 17.2. The summed E-state index contributed by atoms with van der Waals surface area (Å²) in [5, 5.41) is 0. The van der Waals surface area contributed by atoms with Crippen molar-refractivity contribution in [3.63, 3.8) is 0 Å². The molecule has 114 valence electrons. The number of aromatic nitrogens is 1. The van der Waals surface area contributed by atoms with E-state index in [4.69, 9.17) is 9.72 Å². The number of fused-ring (bicyclic) bond motifs is 1. The normalized spacial score (nSPS) is 14.0. The summed E-state index contributed by atoms with van der Waals surface area (Å²) in [7, 11) is 0. The Morgan fingerprint density at radius 3 is 2.68 bits per heavy atom. The molecule has 0 saturated heterocycles. The number of hydrogen-bond acceptors (Lipinski definition) is 3. The third kappa shape index (κ3) is 3.03. The second kappa shape index (κ2) is 6.73. The van der Waals surface area contributed by atoms with E-state index < -0.39 is 0 Å². The van der Waals surface area contributed by atoms with Gasteiger partial charge in [-0.2, -0.15) is 0 Å². The van der Waals surface area contributed by atoms with Crippen molar-refractivity contribution < 1.29 is 9.53 Å². The number of carbonyl (C=O) groups excluding carboxylic acids is 1. The molecule has 0 spiro atoms. The van der Waals surface area contributed by atoms with Crippen LogP contribution < -0.4 is 0 Å². The number of pyridine rings is 1. The van der Waals surface area contributed by atoms with E-state index in [1.54, 1.807) is 0 Å². The maximum atomic E-state index is 12.3. The van der Waals surface area contributed by atoms with Gasteiger partial charge in [0.1, 0.15) is 0 Å². The largest absolute Gasteiger partial charge is 0.462 e. The quantitative estimate of drug-likeness (QED) is 0.629. The van der Waals surface area contributed by atoms with Crippen molar-refractivity contribution >= 4 is 5.97 Å². The number of aryl methyl sites for hydroxylation is 2. The van der Waals surface area contributed by atoms with Crippen molar-refractivity contribution in [3.05, 3.63) is 53.2 Å². The van der Waals surface area contributed by atoms with Crippen molar-refractivity contribution in [1.82, 2.24) is 4.98 Å². The first-order chi connectivity index (χ1) is 10.8. The predicted octanol–water partition coefficient (Wildman–Crippen LogP) is 4.19. The lowest BCUT2D eigenvalue weighted by atomic mass is 10.00. The highest BCUT2D eigenvalue weighted by Crippen LogP contribution is 2.28. The highest BCUT2D eigenvalue weighted by atomic mass is 16.5. The summed E-state index contributed by atoms with van der Waals surface area (Å²) >= 11 is 0. The Labute approximate surface area is 131 Å². The molecular weight excluding hydrogens is 274 g/mol. The molecule has 3 rings (SSSR count). The van der Waals surface area contributed by atoms with Crippen molar-refractivity contribution in [1.29, 1.82) is 0 Å². The van der Waals surface area contributed by atoms with Gasteiger partial charge in [0.15, 0.2) is 0 Å². The van der Waals surface area contributed by atoms with Gasteiger partial charge < -0.3 is 4.74 Å². The summed E-state index contributed by atoms with van der Waals surface area (Å²) < 4.78 is 5.23. The summed E-state index contributed by atoms with van der Waals surface area (Å²) in [5.41, 5.74) is 4.66. The average molecular weight is 295 g/mol. The second-order valence-corrected chi connectivity index (χ2v) is 5.64.